The van der Waals surface area contributed by atoms with E-state index in [4.69, 9.17) is 0 Å². The predicted molar refractivity (Wildman–Crippen MR) is 104 cm³/mol. The van der Waals surface area contributed by atoms with Gasteiger partial charge in [-0.1, -0.05) is 65.0 Å². The average Bonchev–Trinajstić information content (AvgIpc) is 2.58. The number of hydrogen-bond acceptors (Lipinski definition) is 2. The molecular formula is C21H38N2. The minimum atomic E-state index is 0.997. The van der Waals surface area contributed by atoms with E-state index in [0.717, 1.165) is 26.2 Å². The third-order valence-corrected chi connectivity index (χ3v) is 4.32. The van der Waals surface area contributed by atoms with Crippen LogP contribution in [-0.2, 0) is 6.54 Å². The number of nitrogens with zero attached hydrogens (tertiary/aromatic N) is 1. The van der Waals surface area contributed by atoms with Gasteiger partial charge in [0.05, 0.1) is 0 Å². The Morgan fingerprint density at radius 1 is 0.739 bits per heavy atom. The molecule has 1 aromatic rings. The number of rotatable bonds is 14. The van der Waals surface area contributed by atoms with E-state index in [1.54, 1.807) is 0 Å². The molecule has 0 radical (unpaired) electrons. The molecule has 2 nitrogen and oxygen atoms in total. The summed E-state index contributed by atoms with van der Waals surface area (Å²) in [5, 5.41) is 3.58. The van der Waals surface area contributed by atoms with Crippen LogP contribution in [0, 0.1) is 0 Å². The molecule has 0 spiro atoms. The Bertz CT molecular complexity index is 366. The summed E-state index contributed by atoms with van der Waals surface area (Å²) in [4.78, 5) is 2.49. The van der Waals surface area contributed by atoms with Gasteiger partial charge in [-0.25, -0.2) is 0 Å². The molecule has 1 aromatic carbocycles. The number of anilines is 1. The highest BCUT2D eigenvalue weighted by atomic mass is 15.1. The fraction of sp³-hybridized carbons (Fsp3) is 0.714. The van der Waals surface area contributed by atoms with Gasteiger partial charge in [-0.3, -0.25) is 0 Å². The van der Waals surface area contributed by atoms with E-state index in [0.29, 0.717) is 0 Å². The lowest BCUT2D eigenvalue weighted by Gasteiger charge is -2.24. The second-order valence-corrected chi connectivity index (χ2v) is 6.60. The maximum Gasteiger partial charge on any atom is 0.0366 e. The van der Waals surface area contributed by atoms with Gasteiger partial charge in [0.1, 0.15) is 0 Å². The van der Waals surface area contributed by atoms with Gasteiger partial charge in [0.15, 0.2) is 0 Å². The first-order valence-electron chi connectivity index (χ1n) is 9.86. The van der Waals surface area contributed by atoms with Gasteiger partial charge in [0, 0.05) is 25.3 Å². The average molecular weight is 319 g/mol. The standard InChI is InChI=1S/C21H38N2/c1-4-7-8-9-10-11-16-22-19-20-12-14-21(15-13-20)23(17-5-2)18-6-3/h12-15,22H,4-11,16-19H2,1-3H3. The SMILES string of the molecule is CCCCCCCCNCc1ccc(N(CCC)CCC)cc1. The van der Waals surface area contributed by atoms with Gasteiger partial charge in [0.25, 0.3) is 0 Å². The highest BCUT2D eigenvalue weighted by Gasteiger charge is 2.04. The van der Waals surface area contributed by atoms with Crippen LogP contribution in [0.4, 0.5) is 5.69 Å². The predicted octanol–water partition coefficient (Wildman–Crippen LogP) is 5.76. The van der Waals surface area contributed by atoms with Crippen molar-refractivity contribution in [1.82, 2.24) is 5.32 Å². The molecule has 1 N–H and O–H groups in total. The van der Waals surface area contributed by atoms with Gasteiger partial charge in [-0.05, 0) is 43.5 Å². The number of benzene rings is 1. The summed E-state index contributed by atoms with van der Waals surface area (Å²) in [5.74, 6) is 0. The molecule has 0 heterocycles. The van der Waals surface area contributed by atoms with Gasteiger partial charge in [-0.2, -0.15) is 0 Å². The van der Waals surface area contributed by atoms with E-state index in [-0.39, 0.29) is 0 Å². The van der Waals surface area contributed by atoms with Crippen LogP contribution in [0.25, 0.3) is 0 Å². The van der Waals surface area contributed by atoms with Crippen LogP contribution in [0.2, 0.25) is 0 Å². The minimum absolute atomic E-state index is 0.997. The van der Waals surface area contributed by atoms with E-state index in [1.165, 1.54) is 62.6 Å². The molecule has 0 saturated carbocycles. The van der Waals surface area contributed by atoms with E-state index < -0.39 is 0 Å². The second kappa shape index (κ2) is 13.4. The topological polar surface area (TPSA) is 15.3 Å². The molecule has 0 bridgehead atoms. The van der Waals surface area contributed by atoms with E-state index in [2.05, 4.69) is 55.3 Å². The fourth-order valence-electron chi connectivity index (χ4n) is 3.00. The first-order chi connectivity index (χ1) is 11.3. The van der Waals surface area contributed by atoms with Crippen molar-refractivity contribution in [2.75, 3.05) is 24.5 Å². The summed E-state index contributed by atoms with van der Waals surface area (Å²) < 4.78 is 0. The first-order valence-corrected chi connectivity index (χ1v) is 9.86. The third-order valence-electron chi connectivity index (χ3n) is 4.32. The van der Waals surface area contributed by atoms with Crippen LogP contribution in [0.3, 0.4) is 0 Å². The van der Waals surface area contributed by atoms with Crippen LogP contribution in [-0.4, -0.2) is 19.6 Å². The quantitative estimate of drug-likeness (QED) is 0.438. The van der Waals surface area contributed by atoms with Crippen LogP contribution in [0.5, 0.6) is 0 Å². The van der Waals surface area contributed by atoms with Gasteiger partial charge >= 0.3 is 0 Å². The zero-order valence-electron chi connectivity index (χ0n) is 15.7. The van der Waals surface area contributed by atoms with Gasteiger partial charge in [-0.15, -0.1) is 0 Å². The molecule has 0 aromatic heterocycles. The molecule has 0 unspecified atom stereocenters. The number of nitrogens with one attached hydrogen (secondary N) is 1. The maximum atomic E-state index is 3.58. The van der Waals surface area contributed by atoms with Gasteiger partial charge in [0.2, 0.25) is 0 Å². The zero-order valence-corrected chi connectivity index (χ0v) is 15.7. The first kappa shape index (κ1) is 20.0. The Morgan fingerprint density at radius 3 is 1.96 bits per heavy atom. The summed E-state index contributed by atoms with van der Waals surface area (Å²) in [6.45, 7) is 11.2. The molecule has 0 aliphatic rings. The van der Waals surface area contributed by atoms with E-state index >= 15 is 0 Å². The molecule has 0 aliphatic heterocycles. The Balaban J connectivity index is 2.23. The van der Waals surface area contributed by atoms with Crippen LogP contribution >= 0.6 is 0 Å². The summed E-state index contributed by atoms with van der Waals surface area (Å²) in [6.07, 6.45) is 10.6. The Labute approximate surface area is 144 Å². The van der Waals surface area contributed by atoms with Crippen LogP contribution < -0.4 is 10.2 Å². The molecule has 0 atom stereocenters. The van der Waals surface area contributed by atoms with Crippen molar-refractivity contribution in [3.63, 3.8) is 0 Å². The minimum Gasteiger partial charge on any atom is -0.372 e. The highest BCUT2D eigenvalue weighted by Crippen LogP contribution is 2.16. The Morgan fingerprint density at radius 2 is 1.35 bits per heavy atom. The summed E-state index contributed by atoms with van der Waals surface area (Å²) in [7, 11) is 0. The van der Waals surface area contributed by atoms with Crippen molar-refractivity contribution in [1.29, 1.82) is 0 Å². The summed E-state index contributed by atoms with van der Waals surface area (Å²) >= 11 is 0. The molecule has 132 valence electrons. The van der Waals surface area contributed by atoms with Crippen molar-refractivity contribution in [2.45, 2.75) is 78.7 Å². The molecule has 1 rings (SSSR count). The highest BCUT2D eigenvalue weighted by molar-refractivity contribution is 5.47. The van der Waals surface area contributed by atoms with Crippen molar-refractivity contribution in [3.05, 3.63) is 29.8 Å². The Kier molecular flexibility index (Phi) is 11.7. The van der Waals surface area contributed by atoms with Crippen molar-refractivity contribution < 1.29 is 0 Å². The van der Waals surface area contributed by atoms with Crippen molar-refractivity contribution in [3.8, 4) is 0 Å². The fourth-order valence-corrected chi connectivity index (χ4v) is 3.00. The van der Waals surface area contributed by atoms with E-state index in [9.17, 15) is 0 Å². The maximum absolute atomic E-state index is 3.58. The molecule has 0 saturated heterocycles. The molecule has 0 fully saturated rings. The lowest BCUT2D eigenvalue weighted by Crippen LogP contribution is -2.24. The number of unbranched alkanes of at least 4 members (excludes halogenated alkanes) is 5. The molecule has 0 aliphatic carbocycles. The van der Waals surface area contributed by atoms with Crippen LogP contribution in [0.15, 0.2) is 24.3 Å². The third kappa shape index (κ3) is 9.00. The largest absolute Gasteiger partial charge is 0.372 e. The monoisotopic (exact) mass is 318 g/mol. The van der Waals surface area contributed by atoms with Gasteiger partial charge < -0.3 is 10.2 Å². The van der Waals surface area contributed by atoms with E-state index in [1.807, 2.05) is 0 Å². The molecule has 23 heavy (non-hydrogen) atoms. The molecule has 2 heteroatoms. The summed E-state index contributed by atoms with van der Waals surface area (Å²) in [5.41, 5.74) is 2.76. The molecular weight excluding hydrogens is 280 g/mol. The number of hydrogen-bond donors (Lipinski definition) is 1. The molecule has 0 amide bonds. The smallest absolute Gasteiger partial charge is 0.0366 e. The van der Waals surface area contributed by atoms with Crippen molar-refractivity contribution >= 4 is 5.69 Å². The van der Waals surface area contributed by atoms with Crippen LogP contribution in [0.1, 0.15) is 77.7 Å². The Hall–Kier alpha value is -1.02. The lowest BCUT2D eigenvalue weighted by atomic mass is 10.1. The second-order valence-electron chi connectivity index (χ2n) is 6.60. The summed E-state index contributed by atoms with van der Waals surface area (Å²) in [6, 6.07) is 9.13. The zero-order chi connectivity index (χ0) is 16.8. The van der Waals surface area contributed by atoms with Crippen molar-refractivity contribution in [2.24, 2.45) is 0 Å². The lowest BCUT2D eigenvalue weighted by molar-refractivity contribution is 0.572. The normalized spacial score (nSPS) is 10.9.